The van der Waals surface area contributed by atoms with Crippen LogP contribution < -0.4 is 5.32 Å². The van der Waals surface area contributed by atoms with E-state index in [0.717, 1.165) is 32.8 Å². The van der Waals surface area contributed by atoms with Crippen molar-refractivity contribution in [2.75, 3.05) is 26.4 Å². The molecule has 0 heterocycles. The first-order valence-corrected chi connectivity index (χ1v) is 9.26. The lowest BCUT2D eigenvalue weighted by Crippen LogP contribution is -2.63. The summed E-state index contributed by atoms with van der Waals surface area (Å²) in [5.41, 5.74) is 0.427. The summed E-state index contributed by atoms with van der Waals surface area (Å²) in [6.07, 6.45) is 12.3. The Hall–Kier alpha value is -0.120. The number of rotatable bonds is 9. The third kappa shape index (κ3) is 4.43. The molecule has 0 amide bonds. The molecule has 3 nitrogen and oxygen atoms in total. The van der Waals surface area contributed by atoms with Gasteiger partial charge >= 0.3 is 0 Å². The second kappa shape index (κ2) is 9.12. The Kier molecular flexibility index (Phi) is 7.48. The van der Waals surface area contributed by atoms with E-state index in [0.29, 0.717) is 17.6 Å². The minimum absolute atomic E-state index is 0.427. The van der Waals surface area contributed by atoms with Crippen molar-refractivity contribution in [2.45, 2.75) is 83.8 Å². The Morgan fingerprint density at radius 2 is 1.76 bits per heavy atom. The third-order valence-electron chi connectivity index (χ3n) is 5.46. The van der Waals surface area contributed by atoms with Crippen LogP contribution >= 0.6 is 0 Å². The Bertz CT molecular complexity index is 274. The Morgan fingerprint density at radius 1 is 1.00 bits per heavy atom. The Labute approximate surface area is 131 Å². The monoisotopic (exact) mass is 297 g/mol. The van der Waals surface area contributed by atoms with Crippen LogP contribution in [0.25, 0.3) is 0 Å². The zero-order valence-electron chi connectivity index (χ0n) is 14.2. The predicted octanol–water partition coefficient (Wildman–Crippen LogP) is 3.91. The zero-order valence-corrected chi connectivity index (χ0v) is 14.2. The fourth-order valence-electron chi connectivity index (χ4n) is 4.17. The topological polar surface area (TPSA) is 30.5 Å². The van der Waals surface area contributed by atoms with Crippen LogP contribution in [0.3, 0.4) is 0 Å². The quantitative estimate of drug-likeness (QED) is 0.655. The molecule has 0 aromatic carbocycles. The maximum atomic E-state index is 6.22. The van der Waals surface area contributed by atoms with Crippen LogP contribution in [0.15, 0.2) is 0 Å². The van der Waals surface area contributed by atoms with Gasteiger partial charge in [-0.15, -0.1) is 0 Å². The molecule has 1 spiro atoms. The largest absolute Gasteiger partial charge is 0.379 e. The molecule has 2 saturated carbocycles. The van der Waals surface area contributed by atoms with Gasteiger partial charge in [0.25, 0.3) is 0 Å². The number of nitrogens with one attached hydrogen (secondary N) is 1. The van der Waals surface area contributed by atoms with Gasteiger partial charge in [0.1, 0.15) is 0 Å². The van der Waals surface area contributed by atoms with Crippen LogP contribution in [-0.4, -0.2) is 38.5 Å². The average molecular weight is 297 g/mol. The van der Waals surface area contributed by atoms with E-state index in [1.165, 1.54) is 51.4 Å². The van der Waals surface area contributed by atoms with E-state index >= 15 is 0 Å². The maximum absolute atomic E-state index is 6.22. The molecule has 0 radical (unpaired) electrons. The van der Waals surface area contributed by atoms with E-state index in [-0.39, 0.29) is 0 Å². The van der Waals surface area contributed by atoms with E-state index < -0.39 is 0 Å². The molecule has 0 aromatic rings. The van der Waals surface area contributed by atoms with E-state index in [9.17, 15) is 0 Å². The molecule has 2 aliphatic rings. The molecule has 21 heavy (non-hydrogen) atoms. The summed E-state index contributed by atoms with van der Waals surface area (Å²) < 4.78 is 11.8. The molecule has 3 heteroatoms. The highest BCUT2D eigenvalue weighted by atomic mass is 16.5. The molecule has 2 unspecified atom stereocenters. The fourth-order valence-corrected chi connectivity index (χ4v) is 4.17. The maximum Gasteiger partial charge on any atom is 0.0704 e. The SMILES string of the molecule is CCCCOCCOC1CC(NCC)C12CCCCCC2. The van der Waals surface area contributed by atoms with Gasteiger partial charge in [-0.3, -0.25) is 0 Å². The van der Waals surface area contributed by atoms with Crippen molar-refractivity contribution in [3.8, 4) is 0 Å². The number of ether oxygens (including phenoxy) is 2. The molecule has 124 valence electrons. The number of hydrogen-bond donors (Lipinski definition) is 1. The minimum atomic E-state index is 0.427. The van der Waals surface area contributed by atoms with E-state index in [1.807, 2.05) is 0 Å². The second-order valence-electron chi connectivity index (χ2n) is 6.82. The van der Waals surface area contributed by atoms with Crippen molar-refractivity contribution >= 4 is 0 Å². The zero-order chi connectivity index (χ0) is 15.0. The number of hydrogen-bond acceptors (Lipinski definition) is 3. The standard InChI is InChI=1S/C18H35NO2/c1-3-5-12-20-13-14-21-17-15-16(19-4-2)18(17)10-8-6-7-9-11-18/h16-17,19H,3-15H2,1-2H3. The van der Waals surface area contributed by atoms with Crippen molar-refractivity contribution in [1.29, 1.82) is 0 Å². The highest BCUT2D eigenvalue weighted by Gasteiger charge is 2.54. The summed E-state index contributed by atoms with van der Waals surface area (Å²) in [5, 5.41) is 3.71. The molecule has 2 atom stereocenters. The van der Waals surface area contributed by atoms with Gasteiger partial charge in [0.15, 0.2) is 0 Å². The van der Waals surface area contributed by atoms with Crippen LogP contribution in [0, 0.1) is 5.41 Å². The molecule has 2 fully saturated rings. The van der Waals surface area contributed by atoms with E-state index in [2.05, 4.69) is 19.2 Å². The molecule has 1 N–H and O–H groups in total. The lowest BCUT2D eigenvalue weighted by molar-refractivity contribution is -0.150. The first kappa shape index (κ1) is 17.2. The summed E-state index contributed by atoms with van der Waals surface area (Å²) in [7, 11) is 0. The molecule has 0 aromatic heterocycles. The molecule has 0 aliphatic heterocycles. The van der Waals surface area contributed by atoms with Crippen LogP contribution in [0.1, 0.15) is 71.6 Å². The van der Waals surface area contributed by atoms with Crippen molar-refractivity contribution in [1.82, 2.24) is 5.32 Å². The summed E-state index contributed by atoms with van der Waals surface area (Å²) in [4.78, 5) is 0. The third-order valence-corrected chi connectivity index (χ3v) is 5.46. The van der Waals surface area contributed by atoms with E-state index in [1.54, 1.807) is 0 Å². The summed E-state index contributed by atoms with van der Waals surface area (Å²) in [6.45, 7) is 7.92. The Morgan fingerprint density at radius 3 is 2.43 bits per heavy atom. The smallest absolute Gasteiger partial charge is 0.0704 e. The highest BCUT2D eigenvalue weighted by molar-refractivity contribution is 5.08. The van der Waals surface area contributed by atoms with Crippen LogP contribution in [-0.2, 0) is 9.47 Å². The van der Waals surface area contributed by atoms with Gasteiger partial charge in [-0.1, -0.05) is 46.0 Å². The van der Waals surface area contributed by atoms with Crippen molar-refractivity contribution in [2.24, 2.45) is 5.41 Å². The van der Waals surface area contributed by atoms with Gasteiger partial charge in [0.2, 0.25) is 0 Å². The molecular formula is C18H35NO2. The fraction of sp³-hybridized carbons (Fsp3) is 1.00. The minimum Gasteiger partial charge on any atom is -0.379 e. The van der Waals surface area contributed by atoms with Gasteiger partial charge in [0, 0.05) is 18.1 Å². The van der Waals surface area contributed by atoms with Crippen LogP contribution in [0.2, 0.25) is 0 Å². The van der Waals surface area contributed by atoms with Gasteiger partial charge < -0.3 is 14.8 Å². The Balaban J connectivity index is 1.76. The van der Waals surface area contributed by atoms with Gasteiger partial charge in [0.05, 0.1) is 19.3 Å². The summed E-state index contributed by atoms with van der Waals surface area (Å²) in [5.74, 6) is 0. The normalized spacial score (nSPS) is 28.3. The van der Waals surface area contributed by atoms with Crippen molar-refractivity contribution in [3.05, 3.63) is 0 Å². The van der Waals surface area contributed by atoms with E-state index in [4.69, 9.17) is 9.47 Å². The van der Waals surface area contributed by atoms with Gasteiger partial charge in [-0.05, 0) is 32.2 Å². The van der Waals surface area contributed by atoms with Gasteiger partial charge in [-0.25, -0.2) is 0 Å². The molecular weight excluding hydrogens is 262 g/mol. The number of unbranched alkanes of at least 4 members (excludes halogenated alkanes) is 1. The summed E-state index contributed by atoms with van der Waals surface area (Å²) in [6, 6.07) is 0.687. The molecule has 2 aliphatic carbocycles. The van der Waals surface area contributed by atoms with Crippen LogP contribution in [0.4, 0.5) is 0 Å². The van der Waals surface area contributed by atoms with Crippen molar-refractivity contribution < 1.29 is 9.47 Å². The molecule has 2 rings (SSSR count). The average Bonchev–Trinajstić information content (AvgIpc) is 2.76. The predicted molar refractivity (Wildman–Crippen MR) is 87.7 cm³/mol. The summed E-state index contributed by atoms with van der Waals surface area (Å²) >= 11 is 0. The lowest BCUT2D eigenvalue weighted by atomic mass is 9.57. The second-order valence-corrected chi connectivity index (χ2v) is 6.82. The first-order chi connectivity index (χ1) is 10.3. The lowest BCUT2D eigenvalue weighted by Gasteiger charge is -2.56. The van der Waals surface area contributed by atoms with Crippen LogP contribution in [0.5, 0.6) is 0 Å². The van der Waals surface area contributed by atoms with Crippen molar-refractivity contribution in [3.63, 3.8) is 0 Å². The molecule has 0 saturated heterocycles. The molecule has 0 bridgehead atoms. The van der Waals surface area contributed by atoms with Gasteiger partial charge in [-0.2, -0.15) is 0 Å². The first-order valence-electron chi connectivity index (χ1n) is 9.26. The highest BCUT2D eigenvalue weighted by Crippen LogP contribution is 2.52.